The predicted molar refractivity (Wildman–Crippen MR) is 53.2 cm³/mol. The Morgan fingerprint density at radius 2 is 2.07 bits per heavy atom. The zero-order valence-corrected chi connectivity index (χ0v) is 7.87. The molecule has 0 atom stereocenters. The third kappa shape index (κ3) is 1.92. The summed E-state index contributed by atoms with van der Waals surface area (Å²) < 4.78 is 1.03. The van der Waals surface area contributed by atoms with Crippen LogP contribution in [0.15, 0.2) is 36.5 Å². The lowest BCUT2D eigenvalue weighted by molar-refractivity contribution is 0.0799. The van der Waals surface area contributed by atoms with Crippen LogP contribution in [0, 0.1) is 0 Å². The van der Waals surface area contributed by atoms with Crippen molar-refractivity contribution in [3.05, 3.63) is 36.5 Å². The van der Waals surface area contributed by atoms with Gasteiger partial charge in [-0.05, 0) is 0 Å². The van der Waals surface area contributed by atoms with Crippen molar-refractivity contribution in [2.24, 2.45) is 0 Å². The van der Waals surface area contributed by atoms with E-state index in [2.05, 4.69) is 10.3 Å². The molecule has 2 rings (SSSR count). The Kier molecular flexibility index (Phi) is 2.55. The molecule has 0 unspecified atom stereocenters. The lowest BCUT2D eigenvalue weighted by Crippen LogP contribution is -2.15. The number of carbonyl (C=O) groups excluding carboxylic acids is 1. The van der Waals surface area contributed by atoms with Crippen LogP contribution in [0.1, 0.15) is 4.79 Å². The molecule has 0 aliphatic carbocycles. The summed E-state index contributed by atoms with van der Waals surface area (Å²) >= 11 is 0. The van der Waals surface area contributed by atoms with E-state index in [-0.39, 0.29) is 0 Å². The van der Waals surface area contributed by atoms with E-state index >= 15 is 0 Å². The fraction of sp³-hybridized carbons (Fsp3) is 0.100. The minimum Gasteiger partial charge on any atom is -0.386 e. The van der Waals surface area contributed by atoms with E-state index in [0.717, 1.165) is 10.2 Å². The number of benzene rings is 1. The molecule has 1 aromatic heterocycles. The first kappa shape index (κ1) is 9.54. The highest BCUT2D eigenvalue weighted by atomic mass is 16.3. The topological polar surface area (TPSA) is 68.0 Å². The van der Waals surface area contributed by atoms with Gasteiger partial charge in [-0.15, -0.1) is 5.10 Å². The number of hydrogen-bond donors (Lipinski definition) is 1. The van der Waals surface area contributed by atoms with Crippen LogP contribution in [-0.4, -0.2) is 32.6 Å². The highest BCUT2D eigenvalue weighted by Gasteiger charge is 2.07. The number of aliphatic hydroxyl groups is 1. The monoisotopic (exact) mass is 203 g/mol. The van der Waals surface area contributed by atoms with E-state index in [1.807, 2.05) is 30.3 Å². The summed E-state index contributed by atoms with van der Waals surface area (Å²) in [6, 6.07) is 9.40. The molecular weight excluding hydrogens is 194 g/mol. The minimum atomic E-state index is -0.572. The zero-order chi connectivity index (χ0) is 10.7. The summed E-state index contributed by atoms with van der Waals surface area (Å²) in [4.78, 5) is 11.1. The van der Waals surface area contributed by atoms with Crippen LogP contribution >= 0.6 is 0 Å². The summed E-state index contributed by atoms with van der Waals surface area (Å²) in [7, 11) is 0. The molecule has 0 aliphatic heterocycles. The van der Waals surface area contributed by atoms with Gasteiger partial charge in [-0.1, -0.05) is 35.5 Å². The number of nitrogens with zero attached hydrogens (tertiary/aromatic N) is 3. The van der Waals surface area contributed by atoms with Gasteiger partial charge in [0.15, 0.2) is 0 Å². The van der Waals surface area contributed by atoms with Crippen molar-refractivity contribution < 1.29 is 9.90 Å². The number of carbonyl (C=O) groups is 1. The Balaban J connectivity index is 2.32. The Hall–Kier alpha value is -2.01. The number of aromatic nitrogens is 3. The van der Waals surface area contributed by atoms with Gasteiger partial charge in [0.2, 0.25) is 0 Å². The van der Waals surface area contributed by atoms with E-state index in [1.165, 1.54) is 6.20 Å². The first-order chi connectivity index (χ1) is 7.31. The smallest absolute Gasteiger partial charge is 0.273 e. The lowest BCUT2D eigenvalue weighted by Gasteiger charge is -1.93. The second kappa shape index (κ2) is 4.02. The lowest BCUT2D eigenvalue weighted by atomic mass is 10.2. The Bertz CT molecular complexity index is 465. The second-order valence-corrected chi connectivity index (χ2v) is 2.97. The summed E-state index contributed by atoms with van der Waals surface area (Å²) in [5.74, 6) is -0.496. The van der Waals surface area contributed by atoms with Crippen molar-refractivity contribution in [3.8, 4) is 11.3 Å². The quantitative estimate of drug-likeness (QED) is 0.775. The van der Waals surface area contributed by atoms with Crippen LogP contribution in [0.25, 0.3) is 11.3 Å². The molecule has 0 radical (unpaired) electrons. The van der Waals surface area contributed by atoms with E-state index in [0.29, 0.717) is 5.69 Å². The van der Waals surface area contributed by atoms with Crippen molar-refractivity contribution in [3.63, 3.8) is 0 Å². The average Bonchev–Trinajstić information content (AvgIpc) is 2.78. The van der Waals surface area contributed by atoms with Crippen molar-refractivity contribution in [1.29, 1.82) is 0 Å². The molecule has 2 aromatic rings. The molecule has 0 saturated heterocycles. The third-order valence-electron chi connectivity index (χ3n) is 1.95. The predicted octanol–water partition coefficient (Wildman–Crippen LogP) is 0.578. The molecular formula is C10H9N3O2. The summed E-state index contributed by atoms with van der Waals surface area (Å²) in [6.45, 7) is -0.572. The van der Waals surface area contributed by atoms with Crippen molar-refractivity contribution in [2.75, 3.05) is 6.61 Å². The highest BCUT2D eigenvalue weighted by Crippen LogP contribution is 2.14. The van der Waals surface area contributed by atoms with Crippen LogP contribution in [0.4, 0.5) is 0 Å². The van der Waals surface area contributed by atoms with Crippen molar-refractivity contribution in [2.45, 2.75) is 0 Å². The van der Waals surface area contributed by atoms with Crippen LogP contribution in [-0.2, 0) is 0 Å². The van der Waals surface area contributed by atoms with Crippen LogP contribution in [0.2, 0.25) is 0 Å². The van der Waals surface area contributed by atoms with E-state index in [1.54, 1.807) is 0 Å². The molecule has 1 N–H and O–H groups in total. The summed E-state index contributed by atoms with van der Waals surface area (Å²) in [5.41, 5.74) is 1.49. The Labute approximate surface area is 86.0 Å². The van der Waals surface area contributed by atoms with Gasteiger partial charge in [-0.25, -0.2) is 0 Å². The minimum absolute atomic E-state index is 0.496. The first-order valence-electron chi connectivity index (χ1n) is 4.43. The van der Waals surface area contributed by atoms with Gasteiger partial charge < -0.3 is 5.11 Å². The molecule has 0 aliphatic rings. The zero-order valence-electron chi connectivity index (χ0n) is 7.87. The van der Waals surface area contributed by atoms with Gasteiger partial charge >= 0.3 is 0 Å². The molecule has 76 valence electrons. The standard InChI is InChI=1S/C10H9N3O2/c14-7-10(15)13-6-9(11-12-13)8-4-2-1-3-5-8/h1-6,14H,7H2. The molecule has 5 heteroatoms. The fourth-order valence-electron chi connectivity index (χ4n) is 1.20. The van der Waals surface area contributed by atoms with Crippen molar-refractivity contribution >= 4 is 5.91 Å². The van der Waals surface area contributed by atoms with Crippen LogP contribution < -0.4 is 0 Å². The van der Waals surface area contributed by atoms with Gasteiger partial charge in [-0.2, -0.15) is 4.68 Å². The molecule has 5 nitrogen and oxygen atoms in total. The fourth-order valence-corrected chi connectivity index (χ4v) is 1.20. The molecule has 0 fully saturated rings. The molecule has 0 spiro atoms. The molecule has 0 amide bonds. The maximum Gasteiger partial charge on any atom is 0.273 e. The Morgan fingerprint density at radius 3 is 2.73 bits per heavy atom. The van der Waals surface area contributed by atoms with Gasteiger partial charge in [-0.3, -0.25) is 4.79 Å². The molecule has 1 aromatic carbocycles. The number of rotatable bonds is 2. The first-order valence-corrected chi connectivity index (χ1v) is 4.43. The molecule has 1 heterocycles. The van der Waals surface area contributed by atoms with Gasteiger partial charge in [0, 0.05) is 5.56 Å². The van der Waals surface area contributed by atoms with Gasteiger partial charge in [0.1, 0.15) is 12.3 Å². The average molecular weight is 203 g/mol. The SMILES string of the molecule is O=C(CO)n1cc(-c2ccccc2)nn1. The van der Waals surface area contributed by atoms with Crippen LogP contribution in [0.5, 0.6) is 0 Å². The maximum atomic E-state index is 11.1. The Morgan fingerprint density at radius 1 is 1.33 bits per heavy atom. The number of hydrogen-bond acceptors (Lipinski definition) is 4. The van der Waals surface area contributed by atoms with E-state index in [4.69, 9.17) is 5.11 Å². The largest absolute Gasteiger partial charge is 0.386 e. The summed E-state index contributed by atoms with van der Waals surface area (Å²) in [6.07, 6.45) is 1.49. The molecule has 15 heavy (non-hydrogen) atoms. The molecule has 0 bridgehead atoms. The van der Waals surface area contributed by atoms with E-state index in [9.17, 15) is 4.79 Å². The van der Waals surface area contributed by atoms with E-state index < -0.39 is 12.5 Å². The van der Waals surface area contributed by atoms with Gasteiger partial charge in [0.25, 0.3) is 5.91 Å². The second-order valence-electron chi connectivity index (χ2n) is 2.97. The van der Waals surface area contributed by atoms with Gasteiger partial charge in [0.05, 0.1) is 6.20 Å². The normalized spacial score (nSPS) is 10.2. The van der Waals surface area contributed by atoms with Crippen molar-refractivity contribution in [1.82, 2.24) is 15.0 Å². The third-order valence-corrected chi connectivity index (χ3v) is 1.95. The van der Waals surface area contributed by atoms with Crippen LogP contribution in [0.3, 0.4) is 0 Å². The summed E-state index contributed by atoms with van der Waals surface area (Å²) in [5, 5.41) is 16.1. The molecule has 0 saturated carbocycles. The number of aliphatic hydroxyl groups excluding tert-OH is 1. The maximum absolute atomic E-state index is 11.1. The highest BCUT2D eigenvalue weighted by molar-refractivity contribution is 5.79.